The van der Waals surface area contributed by atoms with Crippen molar-refractivity contribution in [2.45, 2.75) is 0 Å². The predicted molar refractivity (Wildman–Crippen MR) is 160 cm³/mol. The van der Waals surface area contributed by atoms with Gasteiger partial charge in [-0.25, -0.2) is 23.2 Å². The molecule has 1 aromatic heterocycles. The second kappa shape index (κ2) is 11.2. The van der Waals surface area contributed by atoms with Gasteiger partial charge in [0, 0.05) is 17.2 Å². The van der Waals surface area contributed by atoms with Crippen molar-refractivity contribution in [3.8, 4) is 32.5 Å². The number of aromatic nitrogens is 1. The Bertz CT molecular complexity index is 1650. The van der Waals surface area contributed by atoms with Crippen LogP contribution in [0.25, 0.3) is 21.0 Å². The minimum atomic E-state index is -1.11. The molecule has 0 aliphatic carbocycles. The second-order valence-corrected chi connectivity index (χ2v) is 12.5. The molecular formula is C28H22N4O5S3. The zero-order chi connectivity index (χ0) is 27.6. The first-order valence-electron chi connectivity index (χ1n) is 12.1. The molecule has 4 aromatic rings. The Labute approximate surface area is 240 Å². The Morgan fingerprint density at radius 2 is 1.85 bits per heavy atom. The third-order valence-corrected chi connectivity index (χ3v) is 10.3. The highest BCUT2D eigenvalue weighted by Gasteiger charge is 2.32. The van der Waals surface area contributed by atoms with Crippen LogP contribution in [0.4, 0.5) is 16.2 Å². The number of benzene rings is 3. The number of amides is 2. The van der Waals surface area contributed by atoms with Crippen LogP contribution in [0.1, 0.15) is 10.5 Å². The van der Waals surface area contributed by atoms with Gasteiger partial charge in [0.25, 0.3) is 0 Å². The van der Waals surface area contributed by atoms with Crippen molar-refractivity contribution in [3.05, 3.63) is 90.1 Å². The average molecular weight is 591 g/mol. The lowest BCUT2D eigenvalue weighted by Gasteiger charge is -2.34. The van der Waals surface area contributed by atoms with Gasteiger partial charge in [0.15, 0.2) is 5.69 Å². The monoisotopic (exact) mass is 590 g/mol. The van der Waals surface area contributed by atoms with Gasteiger partial charge in [0.05, 0.1) is 39.8 Å². The minimum absolute atomic E-state index is 0.0316. The summed E-state index contributed by atoms with van der Waals surface area (Å²) in [5.74, 6) is 0.131. The van der Waals surface area contributed by atoms with Crippen LogP contribution in [0, 0.1) is 0 Å². The van der Waals surface area contributed by atoms with Crippen LogP contribution in [0.15, 0.2) is 88.8 Å². The van der Waals surface area contributed by atoms with Crippen LogP contribution >= 0.6 is 22.1 Å². The Morgan fingerprint density at radius 1 is 1.07 bits per heavy atom. The Balaban J connectivity index is 1.38. The van der Waals surface area contributed by atoms with E-state index in [1.54, 1.807) is 40.7 Å². The third kappa shape index (κ3) is 4.96. The van der Waals surface area contributed by atoms with Crippen LogP contribution in [0.3, 0.4) is 0 Å². The van der Waals surface area contributed by atoms with Crippen LogP contribution in [0.5, 0.6) is 11.5 Å². The van der Waals surface area contributed by atoms with E-state index in [9.17, 15) is 14.7 Å². The smallest absolute Gasteiger partial charge is 0.356 e. The molecule has 0 radical (unpaired) electrons. The predicted octanol–water partition coefficient (Wildman–Crippen LogP) is 6.86. The third-order valence-electron chi connectivity index (χ3n) is 6.16. The van der Waals surface area contributed by atoms with Gasteiger partial charge in [-0.15, -0.1) is 11.3 Å². The van der Waals surface area contributed by atoms with Crippen LogP contribution in [-0.4, -0.2) is 42.4 Å². The quantitative estimate of drug-likeness (QED) is 0.245. The van der Waals surface area contributed by atoms with E-state index in [1.807, 2.05) is 60.0 Å². The minimum Gasteiger partial charge on any atom is -0.497 e. The molecule has 6 rings (SSSR count). The van der Waals surface area contributed by atoms with E-state index in [4.69, 9.17) is 9.47 Å². The molecule has 3 aromatic carbocycles. The number of hydrogen-bond donors (Lipinski definition) is 1. The molecule has 0 saturated heterocycles. The fraction of sp³-hybridized carbons (Fsp3) is 0.107. The lowest BCUT2D eigenvalue weighted by Crippen LogP contribution is -2.46. The van der Waals surface area contributed by atoms with Crippen LogP contribution in [-0.2, 0) is 9.91 Å². The summed E-state index contributed by atoms with van der Waals surface area (Å²) in [6.45, 7) is 0.697. The van der Waals surface area contributed by atoms with E-state index < -0.39 is 15.9 Å². The first kappa shape index (κ1) is 26.1. The van der Waals surface area contributed by atoms with E-state index >= 15 is 0 Å². The summed E-state index contributed by atoms with van der Waals surface area (Å²) in [7, 11) is 2.31. The number of methoxy groups -OCH3 is 1. The number of anilines is 2. The standard InChI is InChI=1S/C28H22N4O5S3/c1-36-21-10-7-18(8-11-21)25-24(27(33)34)30-26(39-25)19-9-12-23-22(17-19)31(14-15-37-23)28(35)32(40-29-13-16-38-40)20-5-3-2-4-6-20/h2-13,16-17H,14-15H2,1H3,(H,33,34). The van der Waals surface area contributed by atoms with E-state index in [-0.39, 0.29) is 11.7 Å². The maximum atomic E-state index is 14.1. The molecule has 0 saturated carbocycles. The fourth-order valence-corrected chi connectivity index (χ4v) is 8.01. The number of urea groups is 1. The number of para-hydroxylation sites is 1. The van der Waals surface area contributed by atoms with Gasteiger partial charge >= 0.3 is 12.0 Å². The number of hydrogen-bond acceptors (Lipinski definition) is 8. The van der Waals surface area contributed by atoms with Crippen LogP contribution in [0.2, 0.25) is 0 Å². The highest BCUT2D eigenvalue weighted by atomic mass is 33.1. The molecule has 2 aliphatic heterocycles. The molecule has 1 unspecified atom stereocenters. The number of carboxylic acids is 1. The number of thiazole rings is 1. The van der Waals surface area contributed by atoms with Gasteiger partial charge < -0.3 is 14.6 Å². The van der Waals surface area contributed by atoms with Gasteiger partial charge in [0.1, 0.15) is 23.1 Å². The first-order chi connectivity index (χ1) is 19.5. The van der Waals surface area contributed by atoms with E-state index in [1.165, 1.54) is 22.1 Å². The molecule has 9 nitrogen and oxygen atoms in total. The highest BCUT2D eigenvalue weighted by molar-refractivity contribution is 8.72. The summed E-state index contributed by atoms with van der Waals surface area (Å²) in [4.78, 5) is 32.9. The summed E-state index contributed by atoms with van der Waals surface area (Å²) in [5, 5.41) is 12.3. The maximum Gasteiger partial charge on any atom is 0.356 e. The summed E-state index contributed by atoms with van der Waals surface area (Å²) in [5.41, 5.74) is 2.72. The number of nitrogens with zero attached hydrogens (tertiary/aromatic N) is 4. The van der Waals surface area contributed by atoms with E-state index in [0.717, 1.165) is 11.3 Å². The lowest BCUT2D eigenvalue weighted by atomic mass is 10.1. The van der Waals surface area contributed by atoms with Crippen molar-refractivity contribution >= 4 is 55.4 Å². The Kier molecular flexibility index (Phi) is 7.29. The first-order valence-corrected chi connectivity index (χ1v) is 15.5. The van der Waals surface area contributed by atoms with Crippen molar-refractivity contribution < 1.29 is 24.2 Å². The van der Waals surface area contributed by atoms with Crippen molar-refractivity contribution in [2.75, 3.05) is 29.5 Å². The number of carbonyl (C=O) groups is 2. The van der Waals surface area contributed by atoms with Crippen molar-refractivity contribution in [2.24, 2.45) is 4.36 Å². The topological polar surface area (TPSA) is 105 Å². The molecule has 0 spiro atoms. The summed E-state index contributed by atoms with van der Waals surface area (Å²) < 4.78 is 17.3. The molecule has 2 aliphatic rings. The molecule has 202 valence electrons. The fourth-order valence-electron chi connectivity index (χ4n) is 4.28. The molecular weight excluding hydrogens is 569 g/mol. The average Bonchev–Trinajstić information content (AvgIpc) is 3.69. The zero-order valence-corrected chi connectivity index (χ0v) is 23.5. The summed E-state index contributed by atoms with van der Waals surface area (Å²) in [6.07, 6.45) is 1.71. The molecule has 12 heteroatoms. The molecule has 0 bridgehead atoms. The van der Waals surface area contributed by atoms with Crippen LogP contribution < -0.4 is 18.7 Å². The van der Waals surface area contributed by atoms with Gasteiger partial charge in [-0.1, -0.05) is 18.2 Å². The molecule has 1 N–H and O–H groups in total. The number of fused-ring (bicyclic) bond motifs is 1. The number of aromatic carboxylic acids is 1. The van der Waals surface area contributed by atoms with Gasteiger partial charge in [-0.3, -0.25) is 4.90 Å². The molecule has 40 heavy (non-hydrogen) atoms. The highest BCUT2D eigenvalue weighted by Crippen LogP contribution is 2.41. The number of ether oxygens (including phenoxy) is 2. The van der Waals surface area contributed by atoms with Crippen molar-refractivity contribution in [3.63, 3.8) is 0 Å². The molecule has 1 atom stereocenters. The number of carboxylic acid groups (broad SMARTS) is 1. The largest absolute Gasteiger partial charge is 0.497 e. The molecule has 0 fully saturated rings. The number of rotatable bonds is 6. The summed E-state index contributed by atoms with van der Waals surface area (Å²) >= 11 is 1.28. The summed E-state index contributed by atoms with van der Waals surface area (Å²) in [6, 6.07) is 21.9. The SMILES string of the molecule is COc1ccc(-c2sc(-c3ccc4c(c3)N(C(=O)N(c3ccccc3)S3=NC=CS3)CCO4)nc2C(=O)O)cc1. The molecule has 3 heterocycles. The van der Waals surface area contributed by atoms with Crippen molar-refractivity contribution in [1.82, 2.24) is 4.98 Å². The zero-order valence-electron chi connectivity index (χ0n) is 21.1. The van der Waals surface area contributed by atoms with Crippen molar-refractivity contribution in [1.29, 1.82) is 0 Å². The van der Waals surface area contributed by atoms with Gasteiger partial charge in [-0.2, -0.15) is 0 Å². The van der Waals surface area contributed by atoms with E-state index in [2.05, 4.69) is 9.35 Å². The van der Waals surface area contributed by atoms with E-state index in [0.29, 0.717) is 45.8 Å². The normalized spacial score (nSPS) is 15.6. The Morgan fingerprint density at radius 3 is 2.55 bits per heavy atom. The van der Waals surface area contributed by atoms with Gasteiger partial charge in [0.2, 0.25) is 0 Å². The maximum absolute atomic E-state index is 14.1. The number of carbonyl (C=O) groups excluding carboxylic acids is 1. The lowest BCUT2D eigenvalue weighted by molar-refractivity contribution is 0.0692. The van der Waals surface area contributed by atoms with Gasteiger partial charge in [-0.05, 0) is 71.0 Å². The Hall–Kier alpha value is -4.13. The molecule has 2 amide bonds. The second-order valence-electron chi connectivity index (χ2n) is 8.54.